The second-order valence-electron chi connectivity index (χ2n) is 3.62. The molecule has 0 aliphatic carbocycles. The summed E-state index contributed by atoms with van der Waals surface area (Å²) in [6.07, 6.45) is 1.63. The second kappa shape index (κ2) is 6.82. The van der Waals surface area contributed by atoms with Crippen molar-refractivity contribution in [1.29, 1.82) is 0 Å². The number of imide groups is 1. The van der Waals surface area contributed by atoms with Crippen molar-refractivity contribution in [2.45, 2.75) is 6.92 Å². The van der Waals surface area contributed by atoms with Gasteiger partial charge in [-0.25, -0.2) is 0 Å². The molecule has 0 aliphatic rings. The molecule has 1 rings (SSSR count). The molecule has 0 saturated carbocycles. The number of aromatic amines is 1. The molecule has 1 aromatic rings. The maximum atomic E-state index is 11.6. The molecule has 4 N–H and O–H groups in total. The van der Waals surface area contributed by atoms with Gasteiger partial charge in [-0.1, -0.05) is 6.92 Å². The number of hydrogen-bond donors (Lipinski definition) is 3. The molecule has 1 aromatic heterocycles. The van der Waals surface area contributed by atoms with E-state index in [0.29, 0.717) is 18.8 Å². The smallest absolute Gasteiger partial charge is 0.274 e. The third-order valence-corrected chi connectivity index (χ3v) is 2.36. The number of aromatic nitrogens is 1. The number of rotatable bonds is 6. The fraction of sp³-hybridized carbons (Fsp3) is 0.455. The van der Waals surface area contributed by atoms with Crippen LogP contribution in [0.3, 0.4) is 0 Å². The zero-order chi connectivity index (χ0) is 12.7. The van der Waals surface area contributed by atoms with Gasteiger partial charge in [-0.15, -0.1) is 0 Å². The van der Waals surface area contributed by atoms with Gasteiger partial charge in [0, 0.05) is 19.3 Å². The fourth-order valence-corrected chi connectivity index (χ4v) is 1.44. The molecule has 0 bridgehead atoms. The average molecular weight is 238 g/mol. The van der Waals surface area contributed by atoms with Crippen LogP contribution in [0.1, 0.15) is 17.4 Å². The highest BCUT2D eigenvalue weighted by Crippen LogP contribution is 1.94. The standard InChI is InChI=1S/C11H18N4O2/c1-2-15(7-5-12)8-10(16)14-11(17)9-4-3-6-13-9/h3-4,6,13H,2,5,7-8,12H2,1H3,(H,14,16,17). The van der Waals surface area contributed by atoms with Crippen LogP contribution in [-0.2, 0) is 4.79 Å². The molecule has 0 aliphatic heterocycles. The van der Waals surface area contributed by atoms with E-state index >= 15 is 0 Å². The summed E-state index contributed by atoms with van der Waals surface area (Å²) >= 11 is 0. The molecule has 6 heteroatoms. The van der Waals surface area contributed by atoms with Gasteiger partial charge in [0.25, 0.3) is 5.91 Å². The lowest BCUT2D eigenvalue weighted by molar-refractivity contribution is -0.121. The van der Waals surface area contributed by atoms with Gasteiger partial charge in [0.05, 0.1) is 6.54 Å². The molecule has 0 unspecified atom stereocenters. The first kappa shape index (κ1) is 13.4. The monoisotopic (exact) mass is 238 g/mol. The van der Waals surface area contributed by atoms with Crippen molar-refractivity contribution >= 4 is 11.8 Å². The molecular formula is C11H18N4O2. The van der Waals surface area contributed by atoms with Crippen molar-refractivity contribution in [3.05, 3.63) is 24.0 Å². The van der Waals surface area contributed by atoms with E-state index in [9.17, 15) is 9.59 Å². The summed E-state index contributed by atoms with van der Waals surface area (Å²) in [4.78, 5) is 27.7. The molecule has 17 heavy (non-hydrogen) atoms. The van der Waals surface area contributed by atoms with Crippen molar-refractivity contribution < 1.29 is 9.59 Å². The summed E-state index contributed by atoms with van der Waals surface area (Å²) < 4.78 is 0. The first-order valence-corrected chi connectivity index (χ1v) is 5.57. The second-order valence-corrected chi connectivity index (χ2v) is 3.62. The molecule has 0 aromatic carbocycles. The highest BCUT2D eigenvalue weighted by atomic mass is 16.2. The third kappa shape index (κ3) is 4.38. The predicted octanol–water partition coefficient (Wildman–Crippen LogP) is -0.448. The van der Waals surface area contributed by atoms with Crippen molar-refractivity contribution in [2.75, 3.05) is 26.2 Å². The summed E-state index contributed by atoms with van der Waals surface area (Å²) in [7, 11) is 0. The van der Waals surface area contributed by atoms with Crippen molar-refractivity contribution in [3.8, 4) is 0 Å². The third-order valence-electron chi connectivity index (χ3n) is 2.36. The van der Waals surface area contributed by atoms with E-state index in [-0.39, 0.29) is 12.5 Å². The Morgan fingerprint density at radius 1 is 1.53 bits per heavy atom. The van der Waals surface area contributed by atoms with Crippen LogP contribution in [0.25, 0.3) is 0 Å². The number of nitrogens with two attached hydrogens (primary N) is 1. The summed E-state index contributed by atoms with van der Waals surface area (Å²) in [5, 5.41) is 2.31. The number of nitrogens with zero attached hydrogens (tertiary/aromatic N) is 1. The Morgan fingerprint density at radius 2 is 2.29 bits per heavy atom. The molecule has 6 nitrogen and oxygen atoms in total. The highest BCUT2D eigenvalue weighted by Gasteiger charge is 2.13. The van der Waals surface area contributed by atoms with Gasteiger partial charge >= 0.3 is 0 Å². The minimum Gasteiger partial charge on any atom is -0.357 e. The lowest BCUT2D eigenvalue weighted by Gasteiger charge is -2.18. The van der Waals surface area contributed by atoms with Gasteiger partial charge < -0.3 is 10.7 Å². The Kier molecular flexibility index (Phi) is 5.38. The van der Waals surface area contributed by atoms with E-state index in [1.54, 1.807) is 18.3 Å². The largest absolute Gasteiger partial charge is 0.357 e. The molecule has 0 spiro atoms. The van der Waals surface area contributed by atoms with Crippen LogP contribution in [0.15, 0.2) is 18.3 Å². The molecule has 1 heterocycles. The van der Waals surface area contributed by atoms with Crippen LogP contribution >= 0.6 is 0 Å². The van der Waals surface area contributed by atoms with Gasteiger partial charge in [-0.3, -0.25) is 19.8 Å². The molecule has 2 amide bonds. The normalized spacial score (nSPS) is 10.5. The van der Waals surface area contributed by atoms with Crippen LogP contribution < -0.4 is 11.1 Å². The number of hydrogen-bond acceptors (Lipinski definition) is 4. The number of amides is 2. The van der Waals surface area contributed by atoms with Gasteiger partial charge in [0.1, 0.15) is 5.69 Å². The highest BCUT2D eigenvalue weighted by molar-refractivity contribution is 6.04. The fourth-order valence-electron chi connectivity index (χ4n) is 1.44. The Balaban J connectivity index is 2.41. The predicted molar refractivity (Wildman–Crippen MR) is 64.4 cm³/mol. The summed E-state index contributed by atoms with van der Waals surface area (Å²) in [6.45, 7) is 3.98. The van der Waals surface area contributed by atoms with Crippen molar-refractivity contribution in [1.82, 2.24) is 15.2 Å². The number of carbonyl (C=O) groups excluding carboxylic acids is 2. The molecule has 94 valence electrons. The lowest BCUT2D eigenvalue weighted by Crippen LogP contribution is -2.41. The lowest BCUT2D eigenvalue weighted by atomic mass is 10.4. The molecule has 0 atom stereocenters. The van der Waals surface area contributed by atoms with Gasteiger partial charge in [-0.2, -0.15) is 0 Å². The zero-order valence-electron chi connectivity index (χ0n) is 9.90. The van der Waals surface area contributed by atoms with E-state index < -0.39 is 5.91 Å². The Hall–Kier alpha value is -1.66. The van der Waals surface area contributed by atoms with Gasteiger partial charge in [0.2, 0.25) is 5.91 Å². The van der Waals surface area contributed by atoms with Crippen molar-refractivity contribution in [3.63, 3.8) is 0 Å². The summed E-state index contributed by atoms with van der Waals surface area (Å²) in [5.74, 6) is -0.733. The zero-order valence-corrected chi connectivity index (χ0v) is 9.90. The van der Waals surface area contributed by atoms with E-state index in [2.05, 4.69) is 10.3 Å². The SMILES string of the molecule is CCN(CCN)CC(=O)NC(=O)c1ccc[nH]1. The van der Waals surface area contributed by atoms with E-state index in [4.69, 9.17) is 5.73 Å². The molecular weight excluding hydrogens is 220 g/mol. The maximum absolute atomic E-state index is 11.6. The number of likely N-dealkylation sites (N-methyl/N-ethyl adjacent to an activating group) is 1. The Labute approximate surface area is 100 Å². The molecule has 0 fully saturated rings. The minimum atomic E-state index is -0.413. The average Bonchev–Trinajstić information content (AvgIpc) is 2.81. The number of nitrogens with one attached hydrogen (secondary N) is 2. The number of H-pyrrole nitrogens is 1. The first-order chi connectivity index (χ1) is 8.17. The topological polar surface area (TPSA) is 91.2 Å². The van der Waals surface area contributed by atoms with Crippen LogP contribution in [0.2, 0.25) is 0 Å². The summed E-state index contributed by atoms with van der Waals surface area (Å²) in [6, 6.07) is 3.31. The molecule has 0 radical (unpaired) electrons. The van der Waals surface area contributed by atoms with E-state index in [0.717, 1.165) is 6.54 Å². The number of carbonyl (C=O) groups is 2. The van der Waals surface area contributed by atoms with E-state index in [1.165, 1.54) is 0 Å². The minimum absolute atomic E-state index is 0.181. The quantitative estimate of drug-likeness (QED) is 0.626. The van der Waals surface area contributed by atoms with Crippen LogP contribution in [0.5, 0.6) is 0 Å². The summed E-state index contributed by atoms with van der Waals surface area (Å²) in [5.41, 5.74) is 5.79. The van der Waals surface area contributed by atoms with Crippen LogP contribution in [0.4, 0.5) is 0 Å². The first-order valence-electron chi connectivity index (χ1n) is 5.57. The van der Waals surface area contributed by atoms with E-state index in [1.807, 2.05) is 11.8 Å². The van der Waals surface area contributed by atoms with Gasteiger partial charge in [0.15, 0.2) is 0 Å². The van der Waals surface area contributed by atoms with Crippen LogP contribution in [0, 0.1) is 0 Å². The van der Waals surface area contributed by atoms with Crippen molar-refractivity contribution in [2.24, 2.45) is 5.73 Å². The molecule has 0 saturated heterocycles. The maximum Gasteiger partial charge on any atom is 0.274 e. The Morgan fingerprint density at radius 3 is 2.82 bits per heavy atom. The van der Waals surface area contributed by atoms with Crippen LogP contribution in [-0.4, -0.2) is 47.9 Å². The van der Waals surface area contributed by atoms with Gasteiger partial charge in [-0.05, 0) is 18.7 Å². The Bertz CT molecular complexity index is 362.